The van der Waals surface area contributed by atoms with Gasteiger partial charge in [-0.2, -0.15) is 0 Å². The van der Waals surface area contributed by atoms with Crippen LogP contribution >= 0.6 is 0 Å². The summed E-state index contributed by atoms with van der Waals surface area (Å²) >= 11 is 0. The zero-order valence-electron chi connectivity index (χ0n) is 14.7. The highest BCUT2D eigenvalue weighted by atomic mass is 16.5. The van der Waals surface area contributed by atoms with E-state index in [-0.39, 0.29) is 24.8 Å². The first-order valence-corrected chi connectivity index (χ1v) is 8.33. The van der Waals surface area contributed by atoms with Crippen molar-refractivity contribution in [1.82, 2.24) is 10.2 Å². The van der Waals surface area contributed by atoms with E-state index in [2.05, 4.69) is 5.32 Å². The molecule has 2 atom stereocenters. The third-order valence-corrected chi connectivity index (χ3v) is 4.17. The first-order chi connectivity index (χ1) is 11.8. The lowest BCUT2D eigenvalue weighted by atomic mass is 9.96. The Labute approximate surface area is 147 Å². The van der Waals surface area contributed by atoms with E-state index in [9.17, 15) is 19.5 Å². The summed E-state index contributed by atoms with van der Waals surface area (Å²) < 4.78 is 5.47. The molecule has 0 aromatic heterocycles. The summed E-state index contributed by atoms with van der Waals surface area (Å²) in [6.45, 7) is 4.84. The number of aliphatic hydroxyl groups excluding tert-OH is 1. The van der Waals surface area contributed by atoms with Crippen LogP contribution in [0.25, 0.3) is 0 Å². The molecule has 7 nitrogen and oxygen atoms in total. The minimum absolute atomic E-state index is 0.0828. The molecule has 1 aromatic carbocycles. The van der Waals surface area contributed by atoms with Gasteiger partial charge in [0.25, 0.3) is 5.91 Å². The predicted molar refractivity (Wildman–Crippen MR) is 91.5 cm³/mol. The first-order valence-electron chi connectivity index (χ1n) is 8.33. The maximum Gasteiger partial charge on any atom is 0.325 e. The second kappa shape index (κ2) is 7.65. The van der Waals surface area contributed by atoms with Gasteiger partial charge in [-0.05, 0) is 32.4 Å². The van der Waals surface area contributed by atoms with Crippen molar-refractivity contribution in [3.05, 3.63) is 29.8 Å². The number of β-amino-alcohol motifs (C(OH)–C–C–N with tert-alkyl or cyclic N) is 1. The number of aliphatic hydroxyl groups is 1. The number of ketones is 1. The topological polar surface area (TPSA) is 95.9 Å². The molecule has 0 spiro atoms. The van der Waals surface area contributed by atoms with Gasteiger partial charge in [-0.15, -0.1) is 0 Å². The Morgan fingerprint density at radius 1 is 1.40 bits per heavy atom. The van der Waals surface area contributed by atoms with Crippen molar-refractivity contribution in [3.8, 4) is 5.75 Å². The van der Waals surface area contributed by atoms with E-state index in [4.69, 9.17) is 4.74 Å². The highest BCUT2D eigenvalue weighted by Crippen LogP contribution is 2.23. The van der Waals surface area contributed by atoms with Gasteiger partial charge in [0.15, 0.2) is 5.78 Å². The molecule has 136 valence electrons. The number of Topliss-reactive ketones (excluding diaryl/α,β-unsaturated/α-hetero) is 1. The van der Waals surface area contributed by atoms with E-state index in [0.717, 1.165) is 11.3 Å². The van der Waals surface area contributed by atoms with Gasteiger partial charge in [0.2, 0.25) is 0 Å². The summed E-state index contributed by atoms with van der Waals surface area (Å²) in [6, 6.07) is 6.12. The smallest absolute Gasteiger partial charge is 0.325 e. The van der Waals surface area contributed by atoms with Gasteiger partial charge < -0.3 is 15.2 Å². The Morgan fingerprint density at radius 2 is 2.12 bits per heavy atom. The molecule has 1 aliphatic rings. The van der Waals surface area contributed by atoms with E-state index in [0.29, 0.717) is 17.7 Å². The van der Waals surface area contributed by atoms with Crippen LogP contribution in [0.15, 0.2) is 24.3 Å². The van der Waals surface area contributed by atoms with Gasteiger partial charge in [-0.25, -0.2) is 4.79 Å². The lowest BCUT2D eigenvalue weighted by Crippen LogP contribution is -2.44. The molecule has 1 heterocycles. The van der Waals surface area contributed by atoms with E-state index >= 15 is 0 Å². The normalized spacial score (nSPS) is 21.2. The van der Waals surface area contributed by atoms with Crippen molar-refractivity contribution in [2.45, 2.75) is 45.3 Å². The average Bonchev–Trinajstić information content (AvgIpc) is 2.77. The van der Waals surface area contributed by atoms with Crippen molar-refractivity contribution in [3.63, 3.8) is 0 Å². The quantitative estimate of drug-likeness (QED) is 0.551. The molecule has 0 bridgehead atoms. The summed E-state index contributed by atoms with van der Waals surface area (Å²) in [5.41, 5.74) is -0.404. The Hall–Kier alpha value is -2.41. The van der Waals surface area contributed by atoms with Crippen LogP contribution in [0.2, 0.25) is 0 Å². The minimum Gasteiger partial charge on any atom is -0.491 e. The molecular weight excluding hydrogens is 324 g/mol. The third kappa shape index (κ3) is 4.36. The molecule has 3 amide bonds. The number of nitrogens with zero attached hydrogens (tertiary/aromatic N) is 1. The highest BCUT2D eigenvalue weighted by molar-refractivity contribution is 6.06. The summed E-state index contributed by atoms with van der Waals surface area (Å²) in [5, 5.41) is 12.8. The summed E-state index contributed by atoms with van der Waals surface area (Å²) in [4.78, 5) is 36.8. The molecule has 2 rings (SSSR count). The van der Waals surface area contributed by atoms with Gasteiger partial charge in [0, 0.05) is 5.56 Å². The predicted octanol–water partition coefficient (Wildman–Crippen LogP) is 1.74. The van der Waals surface area contributed by atoms with Crippen molar-refractivity contribution >= 4 is 17.7 Å². The largest absolute Gasteiger partial charge is 0.491 e. The van der Waals surface area contributed by atoms with Crippen LogP contribution in [0.1, 0.15) is 44.0 Å². The zero-order chi connectivity index (χ0) is 18.6. The van der Waals surface area contributed by atoms with Crippen molar-refractivity contribution in [2.24, 2.45) is 0 Å². The number of carbonyl (C=O) groups is 3. The number of hydrogen-bond donors (Lipinski definition) is 2. The second-order valence-corrected chi connectivity index (χ2v) is 6.48. The number of benzene rings is 1. The number of urea groups is 1. The Balaban J connectivity index is 1.93. The molecule has 1 fully saturated rings. The fourth-order valence-corrected chi connectivity index (χ4v) is 2.84. The van der Waals surface area contributed by atoms with Crippen LogP contribution in [0, 0.1) is 0 Å². The minimum atomic E-state index is -1.03. The fourth-order valence-electron chi connectivity index (χ4n) is 2.84. The number of rotatable bonds is 8. The first kappa shape index (κ1) is 18.9. The molecule has 7 heteroatoms. The fraction of sp³-hybridized carbons (Fsp3) is 0.500. The monoisotopic (exact) mass is 348 g/mol. The Morgan fingerprint density at radius 3 is 2.76 bits per heavy atom. The number of carbonyl (C=O) groups excluding carboxylic acids is 3. The molecular formula is C18H24N2O5. The number of imide groups is 1. The second-order valence-electron chi connectivity index (χ2n) is 6.48. The number of amides is 3. The van der Waals surface area contributed by atoms with Gasteiger partial charge in [0.1, 0.15) is 24.0 Å². The van der Waals surface area contributed by atoms with Gasteiger partial charge in [-0.1, -0.05) is 25.5 Å². The summed E-state index contributed by atoms with van der Waals surface area (Å²) in [5.74, 6) is 0.0253. The van der Waals surface area contributed by atoms with Crippen LogP contribution in [-0.2, 0) is 4.79 Å². The van der Waals surface area contributed by atoms with Crippen LogP contribution in [0.5, 0.6) is 5.75 Å². The summed E-state index contributed by atoms with van der Waals surface area (Å²) in [7, 11) is 0. The molecule has 1 aromatic rings. The SMILES string of the molecule is CCC[C@]1(C)NC(=O)N(C[C@@H](O)COc2cccc(C(C)=O)c2)C1=O. The Bertz CT molecular complexity index is 675. The average molecular weight is 348 g/mol. The van der Waals surface area contributed by atoms with Crippen molar-refractivity contribution < 1.29 is 24.2 Å². The number of nitrogens with one attached hydrogen (secondary N) is 1. The molecule has 2 N–H and O–H groups in total. The third-order valence-electron chi connectivity index (χ3n) is 4.17. The highest BCUT2D eigenvalue weighted by Gasteiger charge is 2.47. The molecule has 0 aliphatic carbocycles. The van der Waals surface area contributed by atoms with Crippen LogP contribution in [0.4, 0.5) is 4.79 Å². The van der Waals surface area contributed by atoms with Gasteiger partial charge in [0.05, 0.1) is 6.54 Å². The maximum atomic E-state index is 12.4. The van der Waals surface area contributed by atoms with E-state index in [1.807, 2.05) is 6.92 Å². The standard InChI is InChI=1S/C18H24N2O5/c1-4-8-18(3)16(23)20(17(24)19-18)10-14(22)11-25-15-7-5-6-13(9-15)12(2)21/h5-7,9,14,22H,4,8,10-11H2,1-3H3,(H,19,24)/t14-,18+/m1/s1. The number of hydrogen-bond acceptors (Lipinski definition) is 5. The lowest BCUT2D eigenvalue weighted by Gasteiger charge is -2.22. The van der Waals surface area contributed by atoms with Crippen LogP contribution < -0.4 is 10.1 Å². The van der Waals surface area contributed by atoms with Crippen LogP contribution in [0.3, 0.4) is 0 Å². The molecule has 1 saturated heterocycles. The maximum absolute atomic E-state index is 12.4. The molecule has 0 radical (unpaired) electrons. The number of ether oxygens (including phenoxy) is 1. The van der Waals surface area contributed by atoms with E-state index in [1.54, 1.807) is 31.2 Å². The van der Waals surface area contributed by atoms with Crippen LogP contribution in [-0.4, -0.2) is 52.5 Å². The van der Waals surface area contributed by atoms with E-state index < -0.39 is 17.7 Å². The van der Waals surface area contributed by atoms with Crippen molar-refractivity contribution in [2.75, 3.05) is 13.2 Å². The van der Waals surface area contributed by atoms with Gasteiger partial charge in [-0.3, -0.25) is 14.5 Å². The van der Waals surface area contributed by atoms with E-state index in [1.165, 1.54) is 6.92 Å². The summed E-state index contributed by atoms with van der Waals surface area (Å²) in [6.07, 6.45) is 0.271. The molecule has 25 heavy (non-hydrogen) atoms. The zero-order valence-corrected chi connectivity index (χ0v) is 14.7. The lowest BCUT2D eigenvalue weighted by molar-refractivity contribution is -0.132. The molecule has 0 saturated carbocycles. The molecule has 1 aliphatic heterocycles. The van der Waals surface area contributed by atoms with Crippen molar-refractivity contribution in [1.29, 1.82) is 0 Å². The van der Waals surface area contributed by atoms with Gasteiger partial charge >= 0.3 is 6.03 Å². The molecule has 0 unspecified atom stereocenters. The Kier molecular flexibility index (Phi) is 5.79.